The number of rotatable bonds is 5. The highest BCUT2D eigenvalue weighted by Gasteiger charge is 2.11. The summed E-state index contributed by atoms with van der Waals surface area (Å²) < 4.78 is 5.37. The first-order valence-electron chi connectivity index (χ1n) is 5.71. The molecule has 1 aromatic carbocycles. The quantitative estimate of drug-likeness (QED) is 0.889. The third-order valence-electron chi connectivity index (χ3n) is 2.46. The Morgan fingerprint density at radius 2 is 2.22 bits per heavy atom. The lowest BCUT2D eigenvalue weighted by Crippen LogP contribution is -2.36. The number of likely N-dealkylation sites (N-methyl/N-ethyl adjacent to an activating group) is 1. The summed E-state index contributed by atoms with van der Waals surface area (Å²) in [6, 6.07) is 5.23. The van der Waals surface area contributed by atoms with Crippen molar-refractivity contribution in [3.63, 3.8) is 0 Å². The topological polar surface area (TPSA) is 49.8 Å². The number of carbonyl (C=O) groups excluding carboxylic acids is 1. The highest BCUT2D eigenvalue weighted by atomic mass is 35.5. The van der Waals surface area contributed by atoms with E-state index in [2.05, 4.69) is 0 Å². The van der Waals surface area contributed by atoms with Gasteiger partial charge in [0.2, 0.25) is 0 Å². The predicted molar refractivity (Wildman–Crippen MR) is 71.0 cm³/mol. The third-order valence-corrected chi connectivity index (χ3v) is 2.88. The summed E-state index contributed by atoms with van der Waals surface area (Å²) in [5.74, 6) is 0.430. The molecule has 0 heterocycles. The minimum Gasteiger partial charge on any atom is -0.484 e. The molecule has 0 fully saturated rings. The molecule has 1 atom stereocenters. The molecule has 1 rings (SSSR count). The number of carbonyl (C=O) groups is 1. The van der Waals surface area contributed by atoms with Crippen LogP contribution in [-0.2, 0) is 4.79 Å². The molecule has 0 saturated carbocycles. The molecule has 0 aromatic heterocycles. The summed E-state index contributed by atoms with van der Waals surface area (Å²) in [7, 11) is 1.63. The molecule has 0 bridgehead atoms. The number of nitrogens with zero attached hydrogens (tertiary/aromatic N) is 1. The number of aliphatic hydroxyl groups excluding tert-OH is 1. The Balaban J connectivity index is 2.49. The van der Waals surface area contributed by atoms with E-state index >= 15 is 0 Å². The second-order valence-corrected chi connectivity index (χ2v) is 4.73. The largest absolute Gasteiger partial charge is 0.484 e. The summed E-state index contributed by atoms with van der Waals surface area (Å²) in [6.07, 6.45) is -0.545. The van der Waals surface area contributed by atoms with Gasteiger partial charge < -0.3 is 14.7 Å². The van der Waals surface area contributed by atoms with E-state index in [-0.39, 0.29) is 12.5 Å². The number of halogens is 1. The van der Waals surface area contributed by atoms with Gasteiger partial charge in [-0.15, -0.1) is 0 Å². The first-order chi connectivity index (χ1) is 8.40. The second kappa shape index (κ2) is 6.61. The fraction of sp³-hybridized carbons (Fsp3) is 0.462. The number of aryl methyl sites for hydroxylation is 1. The Morgan fingerprint density at radius 3 is 2.78 bits per heavy atom. The Labute approximate surface area is 112 Å². The van der Waals surface area contributed by atoms with Crippen molar-refractivity contribution in [3.05, 3.63) is 28.8 Å². The van der Waals surface area contributed by atoms with Crippen molar-refractivity contribution in [2.75, 3.05) is 20.2 Å². The summed E-state index contributed by atoms with van der Waals surface area (Å²) in [6.45, 7) is 3.75. The number of aliphatic hydroxyl groups is 1. The zero-order chi connectivity index (χ0) is 13.7. The van der Waals surface area contributed by atoms with Crippen LogP contribution in [0.2, 0.25) is 5.02 Å². The zero-order valence-corrected chi connectivity index (χ0v) is 11.6. The van der Waals surface area contributed by atoms with Crippen LogP contribution in [0.4, 0.5) is 0 Å². The van der Waals surface area contributed by atoms with Crippen molar-refractivity contribution >= 4 is 17.5 Å². The summed E-state index contributed by atoms with van der Waals surface area (Å²) in [5.41, 5.74) is 0.902. The van der Waals surface area contributed by atoms with Gasteiger partial charge in [-0.05, 0) is 37.6 Å². The molecule has 1 N–H and O–H groups in total. The van der Waals surface area contributed by atoms with Gasteiger partial charge in [0, 0.05) is 18.6 Å². The van der Waals surface area contributed by atoms with Crippen LogP contribution in [0, 0.1) is 6.92 Å². The van der Waals surface area contributed by atoms with Gasteiger partial charge in [-0.1, -0.05) is 11.6 Å². The molecule has 0 saturated heterocycles. The van der Waals surface area contributed by atoms with Gasteiger partial charge in [0.05, 0.1) is 6.10 Å². The fourth-order valence-corrected chi connectivity index (χ4v) is 1.58. The maximum Gasteiger partial charge on any atom is 0.260 e. The standard InChI is InChI=1S/C13H18ClNO3/c1-9-6-11(4-5-12(9)14)18-8-13(17)15(3)7-10(2)16/h4-6,10,16H,7-8H2,1-3H3. The molecule has 0 radical (unpaired) electrons. The first-order valence-corrected chi connectivity index (χ1v) is 6.09. The third kappa shape index (κ3) is 4.55. The Morgan fingerprint density at radius 1 is 1.56 bits per heavy atom. The molecule has 1 unspecified atom stereocenters. The maximum absolute atomic E-state index is 11.7. The van der Waals surface area contributed by atoms with E-state index in [1.54, 1.807) is 32.2 Å². The molecular formula is C13H18ClNO3. The number of benzene rings is 1. The molecule has 5 heteroatoms. The molecule has 1 amide bonds. The van der Waals surface area contributed by atoms with E-state index in [1.165, 1.54) is 4.90 Å². The monoisotopic (exact) mass is 271 g/mol. The van der Waals surface area contributed by atoms with Gasteiger partial charge in [-0.3, -0.25) is 4.79 Å². The maximum atomic E-state index is 11.7. The van der Waals surface area contributed by atoms with E-state index in [0.717, 1.165) is 5.56 Å². The SMILES string of the molecule is Cc1cc(OCC(=O)N(C)CC(C)O)ccc1Cl. The first kappa shape index (κ1) is 14.8. The lowest BCUT2D eigenvalue weighted by molar-refractivity contribution is -0.133. The molecule has 0 aliphatic carbocycles. The molecule has 0 spiro atoms. The van der Waals surface area contributed by atoms with Crippen LogP contribution >= 0.6 is 11.6 Å². The molecule has 0 aliphatic rings. The average Bonchev–Trinajstić information content (AvgIpc) is 2.29. The summed E-state index contributed by atoms with van der Waals surface area (Å²) >= 11 is 5.89. The minimum absolute atomic E-state index is 0.0513. The average molecular weight is 272 g/mol. The van der Waals surface area contributed by atoms with Gasteiger partial charge in [0.1, 0.15) is 5.75 Å². The van der Waals surface area contributed by atoms with Crippen LogP contribution in [-0.4, -0.2) is 42.2 Å². The smallest absolute Gasteiger partial charge is 0.260 e. The Hall–Kier alpha value is -1.26. The van der Waals surface area contributed by atoms with E-state index in [4.69, 9.17) is 16.3 Å². The van der Waals surface area contributed by atoms with Crippen molar-refractivity contribution in [2.24, 2.45) is 0 Å². The Kier molecular flexibility index (Phi) is 5.44. The van der Waals surface area contributed by atoms with Gasteiger partial charge >= 0.3 is 0 Å². The van der Waals surface area contributed by atoms with Crippen LogP contribution < -0.4 is 4.74 Å². The van der Waals surface area contributed by atoms with Crippen molar-refractivity contribution in [3.8, 4) is 5.75 Å². The molecular weight excluding hydrogens is 254 g/mol. The van der Waals surface area contributed by atoms with Gasteiger partial charge in [-0.2, -0.15) is 0 Å². The predicted octanol–water partition coefficient (Wildman–Crippen LogP) is 1.87. The number of ether oxygens (including phenoxy) is 1. The van der Waals surface area contributed by atoms with Crippen molar-refractivity contribution in [1.82, 2.24) is 4.90 Å². The normalized spacial score (nSPS) is 12.1. The molecule has 100 valence electrons. The Bertz CT molecular complexity index is 421. The number of amides is 1. The summed E-state index contributed by atoms with van der Waals surface area (Å²) in [4.78, 5) is 13.1. The van der Waals surface area contributed by atoms with E-state index < -0.39 is 6.10 Å². The lowest BCUT2D eigenvalue weighted by atomic mass is 10.2. The zero-order valence-electron chi connectivity index (χ0n) is 10.8. The molecule has 18 heavy (non-hydrogen) atoms. The van der Waals surface area contributed by atoms with Crippen molar-refractivity contribution in [1.29, 1.82) is 0 Å². The number of hydrogen-bond acceptors (Lipinski definition) is 3. The van der Waals surface area contributed by atoms with Gasteiger partial charge in [-0.25, -0.2) is 0 Å². The lowest BCUT2D eigenvalue weighted by Gasteiger charge is -2.19. The fourth-order valence-electron chi connectivity index (χ4n) is 1.46. The molecule has 0 aliphatic heterocycles. The second-order valence-electron chi connectivity index (χ2n) is 4.32. The summed E-state index contributed by atoms with van der Waals surface area (Å²) in [5, 5.41) is 9.84. The van der Waals surface area contributed by atoms with Crippen LogP contribution in [0.3, 0.4) is 0 Å². The van der Waals surface area contributed by atoms with Crippen molar-refractivity contribution < 1.29 is 14.6 Å². The molecule has 4 nitrogen and oxygen atoms in total. The van der Waals surface area contributed by atoms with Crippen molar-refractivity contribution in [2.45, 2.75) is 20.0 Å². The van der Waals surface area contributed by atoms with Crippen LogP contribution in [0.15, 0.2) is 18.2 Å². The molecule has 1 aromatic rings. The van der Waals surface area contributed by atoms with E-state index in [1.807, 2.05) is 6.92 Å². The number of hydrogen-bond donors (Lipinski definition) is 1. The highest BCUT2D eigenvalue weighted by molar-refractivity contribution is 6.31. The van der Waals surface area contributed by atoms with Gasteiger partial charge in [0.15, 0.2) is 6.61 Å². The minimum atomic E-state index is -0.545. The van der Waals surface area contributed by atoms with Crippen LogP contribution in [0.5, 0.6) is 5.75 Å². The van der Waals surface area contributed by atoms with Crippen LogP contribution in [0.25, 0.3) is 0 Å². The van der Waals surface area contributed by atoms with E-state index in [9.17, 15) is 9.90 Å². The van der Waals surface area contributed by atoms with Gasteiger partial charge in [0.25, 0.3) is 5.91 Å². The highest BCUT2D eigenvalue weighted by Crippen LogP contribution is 2.20. The van der Waals surface area contributed by atoms with E-state index in [0.29, 0.717) is 17.3 Å². The van der Waals surface area contributed by atoms with Crippen LogP contribution in [0.1, 0.15) is 12.5 Å².